The Kier molecular flexibility index (Phi) is 3.32. The van der Waals surface area contributed by atoms with Crippen LogP contribution in [-0.4, -0.2) is 51.1 Å². The topological polar surface area (TPSA) is 99.2 Å². The molecule has 7 aliphatic rings. The third-order valence-corrected chi connectivity index (χ3v) is 9.96. The van der Waals surface area contributed by atoms with Crippen LogP contribution in [0.4, 0.5) is 5.69 Å². The van der Waals surface area contributed by atoms with E-state index in [9.17, 15) is 19.6 Å². The van der Waals surface area contributed by atoms with Gasteiger partial charge in [0.15, 0.2) is 0 Å². The molecular weight excluding hydrogens is 434 g/mol. The van der Waals surface area contributed by atoms with Gasteiger partial charge in [0, 0.05) is 18.0 Å². The van der Waals surface area contributed by atoms with E-state index in [2.05, 4.69) is 5.32 Å². The molecule has 0 radical (unpaired) electrons. The molecule has 4 saturated heterocycles. The largest absolute Gasteiger partial charge is 0.483 e. The number of rotatable bonds is 0. The minimum atomic E-state index is -1.15. The van der Waals surface area contributed by atoms with Crippen LogP contribution in [-0.2, 0) is 19.8 Å². The molecular formula is C26H29N3O5. The minimum Gasteiger partial charge on any atom is -0.483 e. The Morgan fingerprint density at radius 3 is 2.65 bits per heavy atom. The number of nitrogens with one attached hydrogen (secondary N) is 1. The van der Waals surface area contributed by atoms with Crippen molar-refractivity contribution in [1.82, 2.24) is 10.2 Å². The highest BCUT2D eigenvalue weighted by atomic mass is 16.5. The lowest BCUT2D eigenvalue weighted by Gasteiger charge is -2.59. The number of fused-ring (bicyclic) bond motifs is 5. The number of ether oxygens (including phenoxy) is 1. The van der Waals surface area contributed by atoms with Crippen molar-refractivity contribution in [3.05, 3.63) is 29.3 Å². The van der Waals surface area contributed by atoms with E-state index < -0.39 is 33.4 Å². The molecule has 8 heteroatoms. The van der Waals surface area contributed by atoms with Crippen LogP contribution in [0.3, 0.4) is 0 Å². The van der Waals surface area contributed by atoms with E-state index in [1.54, 1.807) is 4.90 Å². The zero-order chi connectivity index (χ0) is 24.1. The maximum Gasteiger partial charge on any atom is 0.262 e. The minimum absolute atomic E-state index is 0.0699. The second-order valence-corrected chi connectivity index (χ2v) is 12.1. The Morgan fingerprint density at radius 2 is 1.88 bits per heavy atom. The molecule has 2 bridgehead atoms. The number of amides is 3. The molecule has 0 unspecified atom stereocenters. The van der Waals surface area contributed by atoms with E-state index in [4.69, 9.17) is 4.74 Å². The fourth-order valence-corrected chi connectivity index (χ4v) is 8.34. The van der Waals surface area contributed by atoms with Crippen LogP contribution < -0.4 is 15.1 Å². The van der Waals surface area contributed by atoms with Gasteiger partial charge in [-0.2, -0.15) is 5.06 Å². The van der Waals surface area contributed by atoms with Gasteiger partial charge >= 0.3 is 0 Å². The number of piperidine rings is 2. The molecule has 6 aliphatic heterocycles. The maximum atomic E-state index is 14.0. The highest BCUT2D eigenvalue weighted by Crippen LogP contribution is 2.71. The predicted octanol–water partition coefficient (Wildman–Crippen LogP) is 2.52. The number of carbonyl (C=O) groups is 3. The summed E-state index contributed by atoms with van der Waals surface area (Å²) in [6.45, 7) is 8.53. The van der Waals surface area contributed by atoms with Gasteiger partial charge in [0.1, 0.15) is 22.4 Å². The van der Waals surface area contributed by atoms with E-state index in [-0.39, 0.29) is 24.2 Å². The molecule has 2 N–H and O–H groups in total. The van der Waals surface area contributed by atoms with Gasteiger partial charge in [-0.25, -0.2) is 0 Å². The van der Waals surface area contributed by atoms with E-state index >= 15 is 0 Å². The second-order valence-electron chi connectivity index (χ2n) is 12.1. The van der Waals surface area contributed by atoms with Crippen LogP contribution in [0, 0.1) is 11.3 Å². The zero-order valence-corrected chi connectivity index (χ0v) is 19.9. The first-order chi connectivity index (χ1) is 15.9. The number of hydrogen-bond donors (Lipinski definition) is 2. The summed E-state index contributed by atoms with van der Waals surface area (Å²) < 4.78 is 6.10. The number of hydrogen-bond acceptors (Lipinski definition) is 5. The number of hydroxylamine groups is 1. The Labute approximate surface area is 197 Å². The van der Waals surface area contributed by atoms with E-state index in [0.717, 1.165) is 11.5 Å². The summed E-state index contributed by atoms with van der Waals surface area (Å²) in [6, 6.07) is 3.73. The number of benzene rings is 1. The standard InChI is InChI=1S/C26H29N3O5/c1-22(2)10-8-14-16(34-22)7-6-15-18(14)29(33)20(31)25(15)13-26-17(23(25,3)4)12-24(19(30)27-26)9-5-11-28(24)21(26)32/h6-8,10,17,33H,5,9,11-13H2,1-4H3,(H,27,30)/t17-,24-,25+,26-/m0/s1. The van der Waals surface area contributed by atoms with Gasteiger partial charge in [-0.05, 0) is 68.7 Å². The van der Waals surface area contributed by atoms with Gasteiger partial charge in [-0.1, -0.05) is 19.9 Å². The quantitative estimate of drug-likeness (QED) is 0.576. The lowest BCUT2D eigenvalue weighted by atomic mass is 9.57. The highest BCUT2D eigenvalue weighted by Gasteiger charge is 2.81. The van der Waals surface area contributed by atoms with E-state index in [1.807, 2.05) is 52.0 Å². The molecule has 1 aromatic rings. The smallest absolute Gasteiger partial charge is 0.262 e. The number of nitrogens with zero attached hydrogens (tertiary/aromatic N) is 2. The molecule has 1 aromatic carbocycles. The fourth-order valence-electron chi connectivity index (χ4n) is 8.34. The zero-order valence-electron chi connectivity index (χ0n) is 19.9. The average molecular weight is 464 g/mol. The summed E-state index contributed by atoms with van der Waals surface area (Å²) in [4.78, 5) is 43.1. The van der Waals surface area contributed by atoms with Crippen molar-refractivity contribution < 1.29 is 24.3 Å². The lowest BCUT2D eigenvalue weighted by molar-refractivity contribution is -0.175. The summed E-state index contributed by atoms with van der Waals surface area (Å²) in [5.41, 5.74) is -2.51. The molecule has 8 nitrogen and oxygen atoms in total. The van der Waals surface area contributed by atoms with Crippen LogP contribution in [0.15, 0.2) is 18.2 Å². The SMILES string of the molecule is CC1(C)C=Cc2c(ccc3c2N(O)C(=O)[C@@]32C[C@@]34NC(=O)[C@]5(CCCN5C3=O)C[C@H]4C2(C)C)O1. The van der Waals surface area contributed by atoms with Crippen molar-refractivity contribution in [3.8, 4) is 5.75 Å². The second kappa shape index (κ2) is 5.51. The van der Waals surface area contributed by atoms with Gasteiger partial charge in [0.05, 0.1) is 11.1 Å². The molecule has 178 valence electrons. The summed E-state index contributed by atoms with van der Waals surface area (Å²) in [7, 11) is 0. The van der Waals surface area contributed by atoms with Crippen molar-refractivity contribution in [2.45, 2.75) is 75.5 Å². The molecule has 5 fully saturated rings. The van der Waals surface area contributed by atoms with Crippen LogP contribution in [0.5, 0.6) is 5.75 Å². The van der Waals surface area contributed by atoms with Gasteiger partial charge in [-0.3, -0.25) is 19.6 Å². The normalized spacial score (nSPS) is 39.7. The van der Waals surface area contributed by atoms with Crippen molar-refractivity contribution in [3.63, 3.8) is 0 Å². The van der Waals surface area contributed by atoms with Crippen LogP contribution in [0.1, 0.15) is 64.5 Å². The molecule has 8 rings (SSSR count). The van der Waals surface area contributed by atoms with Crippen LogP contribution >= 0.6 is 0 Å². The molecule has 6 heterocycles. The first kappa shape index (κ1) is 20.5. The van der Waals surface area contributed by atoms with Crippen LogP contribution in [0.25, 0.3) is 6.08 Å². The number of carbonyl (C=O) groups excluding carboxylic acids is 3. The molecule has 1 aliphatic carbocycles. The average Bonchev–Trinajstić information content (AvgIpc) is 3.36. The van der Waals surface area contributed by atoms with E-state index in [0.29, 0.717) is 42.0 Å². The van der Waals surface area contributed by atoms with Crippen molar-refractivity contribution in [1.29, 1.82) is 0 Å². The Morgan fingerprint density at radius 1 is 1.12 bits per heavy atom. The molecule has 34 heavy (non-hydrogen) atoms. The summed E-state index contributed by atoms with van der Waals surface area (Å²) in [6.07, 6.45) is 5.98. The van der Waals surface area contributed by atoms with Crippen molar-refractivity contribution in [2.24, 2.45) is 11.3 Å². The first-order valence-electron chi connectivity index (χ1n) is 12.2. The summed E-state index contributed by atoms with van der Waals surface area (Å²) in [5, 5.41) is 15.1. The van der Waals surface area contributed by atoms with Gasteiger partial charge < -0.3 is 15.0 Å². The van der Waals surface area contributed by atoms with Gasteiger partial charge in [-0.15, -0.1) is 0 Å². The lowest BCUT2D eigenvalue weighted by Crippen LogP contribution is -2.81. The fraction of sp³-hybridized carbons (Fsp3) is 0.577. The molecule has 4 atom stereocenters. The first-order valence-corrected chi connectivity index (χ1v) is 12.2. The van der Waals surface area contributed by atoms with Crippen molar-refractivity contribution in [2.75, 3.05) is 11.6 Å². The highest BCUT2D eigenvalue weighted by molar-refractivity contribution is 6.13. The van der Waals surface area contributed by atoms with Gasteiger partial charge in [0.25, 0.3) is 5.91 Å². The number of piperazine rings is 1. The Hall–Kier alpha value is -2.87. The van der Waals surface area contributed by atoms with E-state index in [1.165, 1.54) is 0 Å². The monoisotopic (exact) mass is 463 g/mol. The molecule has 1 saturated carbocycles. The molecule has 3 amide bonds. The third kappa shape index (κ3) is 1.87. The molecule has 0 aromatic heterocycles. The number of anilines is 1. The maximum absolute atomic E-state index is 14.0. The Bertz CT molecular complexity index is 1270. The van der Waals surface area contributed by atoms with Crippen LogP contribution in [0.2, 0.25) is 0 Å². The molecule has 3 spiro atoms. The summed E-state index contributed by atoms with van der Waals surface area (Å²) >= 11 is 0. The summed E-state index contributed by atoms with van der Waals surface area (Å²) in [5.74, 6) is -0.217. The predicted molar refractivity (Wildman–Crippen MR) is 122 cm³/mol. The van der Waals surface area contributed by atoms with Gasteiger partial charge in [0.2, 0.25) is 11.8 Å². The third-order valence-electron chi connectivity index (χ3n) is 9.96. The van der Waals surface area contributed by atoms with Crippen molar-refractivity contribution >= 4 is 29.5 Å². The Balaban J connectivity index is 1.46.